The van der Waals surface area contributed by atoms with E-state index in [-0.39, 0.29) is 6.42 Å². The Balaban J connectivity index is 2.74. The van der Waals surface area contributed by atoms with E-state index in [0.717, 1.165) is 0 Å². The Bertz CT molecular complexity index is 270. The zero-order valence-electron chi connectivity index (χ0n) is 10.8. The van der Waals surface area contributed by atoms with Gasteiger partial charge in [0.15, 0.2) is 5.79 Å². The van der Waals surface area contributed by atoms with E-state index in [4.69, 9.17) is 18.0 Å². The van der Waals surface area contributed by atoms with Gasteiger partial charge in [-0.15, -0.1) is 0 Å². The lowest BCUT2D eigenvalue weighted by molar-refractivity contribution is -0.228. The molecule has 0 radical (unpaired) electrons. The Labute approximate surface area is 106 Å². The maximum absolute atomic E-state index is 12.3. The monoisotopic (exact) mass is 288 g/mol. The molecule has 0 N–H and O–H groups in total. The Morgan fingerprint density at radius 1 is 1.22 bits per heavy atom. The number of rotatable bonds is 5. The molecule has 8 heteroatoms. The molecule has 0 amide bonds. The van der Waals surface area contributed by atoms with Crippen molar-refractivity contribution in [3.05, 3.63) is 0 Å². The fourth-order valence-electron chi connectivity index (χ4n) is 2.08. The molecule has 0 aliphatic carbocycles. The maximum Gasteiger partial charge on any atom is 0.502 e. The molecule has 1 aliphatic rings. The first kappa shape index (κ1) is 15.9. The van der Waals surface area contributed by atoms with Gasteiger partial charge in [-0.3, -0.25) is 0 Å². The van der Waals surface area contributed by atoms with Crippen LogP contribution >= 0.6 is 0 Å². The van der Waals surface area contributed by atoms with Crippen LogP contribution in [0.1, 0.15) is 25.7 Å². The fraction of sp³-hybridized carbons (Fsp3) is 1.00. The molecule has 1 atom stereocenters. The van der Waals surface area contributed by atoms with Crippen molar-refractivity contribution in [1.29, 1.82) is 0 Å². The van der Waals surface area contributed by atoms with Gasteiger partial charge in [0.1, 0.15) is 0 Å². The van der Waals surface area contributed by atoms with Crippen LogP contribution in [0.2, 0.25) is 6.04 Å². The number of alkyl halides is 3. The average Bonchev–Trinajstić information content (AvgIpc) is 2.36. The number of methoxy groups -OCH3 is 1. The highest BCUT2D eigenvalue weighted by molar-refractivity contribution is 6.60. The van der Waals surface area contributed by atoms with Gasteiger partial charge in [-0.2, -0.15) is 13.2 Å². The highest BCUT2D eigenvalue weighted by Gasteiger charge is 2.52. The summed E-state index contributed by atoms with van der Waals surface area (Å²) in [7, 11) is 1.38. The molecule has 0 aromatic heterocycles. The van der Waals surface area contributed by atoms with Gasteiger partial charge in [0.2, 0.25) is 0 Å². The fourth-order valence-corrected chi connectivity index (χ4v) is 4.39. The molecule has 0 spiro atoms. The average molecular weight is 288 g/mol. The summed E-state index contributed by atoms with van der Waals surface area (Å²) in [6.07, 6.45) is -4.33. The summed E-state index contributed by atoms with van der Waals surface area (Å²) in [5, 5.41) is 0. The van der Waals surface area contributed by atoms with E-state index in [1.165, 1.54) is 21.3 Å². The summed E-state index contributed by atoms with van der Waals surface area (Å²) in [5.74, 6) is -1.24. The molecule has 0 bridgehead atoms. The molecule has 1 fully saturated rings. The Morgan fingerprint density at radius 2 is 1.83 bits per heavy atom. The standard InChI is InChI=1S/C10H19F3O4Si/c1-14-9(6-7-10(11,12)13)5-4-8-18(15-2,16-3)17-9/h4-8H2,1-3H3. The molecular formula is C10H19F3O4Si. The SMILES string of the molecule is COC1(CCC(F)(F)F)CCC[Si](OC)(OC)O1. The minimum atomic E-state index is -4.23. The van der Waals surface area contributed by atoms with Gasteiger partial charge in [0, 0.05) is 46.6 Å². The highest BCUT2D eigenvalue weighted by atomic mass is 28.4. The first-order valence-corrected chi connectivity index (χ1v) is 7.66. The van der Waals surface area contributed by atoms with Crippen LogP contribution in [0, 0.1) is 0 Å². The second kappa shape index (κ2) is 5.87. The number of hydrogen-bond donors (Lipinski definition) is 0. The summed E-state index contributed by atoms with van der Waals surface area (Å²) >= 11 is 0. The number of halogens is 3. The van der Waals surface area contributed by atoms with Gasteiger partial charge in [-0.25, -0.2) is 0 Å². The first-order chi connectivity index (χ1) is 8.30. The van der Waals surface area contributed by atoms with E-state index in [1.807, 2.05) is 0 Å². The topological polar surface area (TPSA) is 36.9 Å². The van der Waals surface area contributed by atoms with Crippen LogP contribution in [-0.2, 0) is 18.0 Å². The van der Waals surface area contributed by atoms with Gasteiger partial charge < -0.3 is 18.0 Å². The molecule has 1 saturated heterocycles. The molecule has 1 heterocycles. The minimum absolute atomic E-state index is 0.242. The van der Waals surface area contributed by atoms with Crippen molar-refractivity contribution in [3.63, 3.8) is 0 Å². The largest absolute Gasteiger partial charge is 0.502 e. The van der Waals surface area contributed by atoms with Crippen molar-refractivity contribution in [3.8, 4) is 0 Å². The Kier molecular flexibility index (Phi) is 5.19. The van der Waals surface area contributed by atoms with E-state index in [0.29, 0.717) is 18.9 Å². The third-order valence-corrected chi connectivity index (χ3v) is 6.06. The van der Waals surface area contributed by atoms with Crippen LogP contribution in [0.5, 0.6) is 0 Å². The maximum atomic E-state index is 12.3. The van der Waals surface area contributed by atoms with Gasteiger partial charge in [0.25, 0.3) is 0 Å². The lowest BCUT2D eigenvalue weighted by atomic mass is 10.0. The molecule has 0 aromatic rings. The predicted molar refractivity (Wildman–Crippen MR) is 59.9 cm³/mol. The lowest BCUT2D eigenvalue weighted by Gasteiger charge is -2.43. The van der Waals surface area contributed by atoms with Gasteiger partial charge >= 0.3 is 15.0 Å². The minimum Gasteiger partial charge on any atom is -0.377 e. The predicted octanol–water partition coefficient (Wildman–Crippen LogP) is 2.71. The van der Waals surface area contributed by atoms with Gasteiger partial charge in [-0.05, 0) is 6.42 Å². The molecule has 1 unspecified atom stereocenters. The van der Waals surface area contributed by atoms with Crippen molar-refractivity contribution < 1.29 is 31.2 Å². The molecule has 0 aromatic carbocycles. The van der Waals surface area contributed by atoms with Crippen molar-refractivity contribution in [2.75, 3.05) is 21.3 Å². The molecule has 1 rings (SSSR count). The molecule has 108 valence electrons. The van der Waals surface area contributed by atoms with Crippen molar-refractivity contribution in [1.82, 2.24) is 0 Å². The summed E-state index contributed by atoms with van der Waals surface area (Å²) < 4.78 is 58.3. The van der Waals surface area contributed by atoms with Crippen LogP contribution in [0.15, 0.2) is 0 Å². The van der Waals surface area contributed by atoms with Crippen molar-refractivity contribution in [2.45, 2.75) is 43.7 Å². The number of hydrogen-bond acceptors (Lipinski definition) is 4. The highest BCUT2D eigenvalue weighted by Crippen LogP contribution is 2.39. The molecule has 0 saturated carbocycles. The second-order valence-electron chi connectivity index (χ2n) is 4.28. The van der Waals surface area contributed by atoms with Gasteiger partial charge in [-0.1, -0.05) is 0 Å². The first-order valence-electron chi connectivity index (χ1n) is 5.73. The lowest BCUT2D eigenvalue weighted by Crippen LogP contribution is -2.56. The quantitative estimate of drug-likeness (QED) is 0.729. The zero-order valence-corrected chi connectivity index (χ0v) is 11.8. The molecule has 1 aliphatic heterocycles. The van der Waals surface area contributed by atoms with Crippen LogP contribution in [-0.4, -0.2) is 42.1 Å². The third-order valence-electron chi connectivity index (χ3n) is 3.17. The normalized spacial score (nSPS) is 28.3. The summed E-state index contributed by atoms with van der Waals surface area (Å²) in [5.41, 5.74) is 0. The third kappa shape index (κ3) is 3.92. The van der Waals surface area contributed by atoms with E-state index >= 15 is 0 Å². The van der Waals surface area contributed by atoms with E-state index < -0.39 is 27.2 Å². The summed E-state index contributed by atoms with van der Waals surface area (Å²) in [6, 6.07) is 0.594. The molecule has 18 heavy (non-hydrogen) atoms. The summed E-state index contributed by atoms with van der Waals surface area (Å²) in [4.78, 5) is 0. The second-order valence-corrected chi connectivity index (χ2v) is 7.16. The van der Waals surface area contributed by atoms with Crippen LogP contribution in [0.25, 0.3) is 0 Å². The molecular weight excluding hydrogens is 269 g/mol. The van der Waals surface area contributed by atoms with Crippen LogP contribution in [0.4, 0.5) is 13.2 Å². The smallest absolute Gasteiger partial charge is 0.377 e. The molecule has 4 nitrogen and oxygen atoms in total. The van der Waals surface area contributed by atoms with Crippen molar-refractivity contribution in [2.24, 2.45) is 0 Å². The van der Waals surface area contributed by atoms with E-state index in [9.17, 15) is 13.2 Å². The van der Waals surface area contributed by atoms with Gasteiger partial charge in [0.05, 0.1) is 0 Å². The van der Waals surface area contributed by atoms with Crippen LogP contribution < -0.4 is 0 Å². The van der Waals surface area contributed by atoms with E-state index in [2.05, 4.69) is 0 Å². The Morgan fingerprint density at radius 3 is 2.28 bits per heavy atom. The number of ether oxygens (including phenoxy) is 1. The van der Waals surface area contributed by atoms with Crippen LogP contribution in [0.3, 0.4) is 0 Å². The zero-order chi connectivity index (χ0) is 13.9. The van der Waals surface area contributed by atoms with E-state index in [1.54, 1.807) is 0 Å². The Hall–Kier alpha value is -0.153. The van der Waals surface area contributed by atoms with Crippen molar-refractivity contribution >= 4 is 8.80 Å². The summed E-state index contributed by atoms with van der Waals surface area (Å²) in [6.45, 7) is 0.